The van der Waals surface area contributed by atoms with Crippen molar-refractivity contribution in [1.29, 1.82) is 0 Å². The molecule has 1 amide bonds. The zero-order valence-electron chi connectivity index (χ0n) is 14.1. The Hall–Kier alpha value is -3.55. The minimum absolute atomic E-state index is 0.111. The third kappa shape index (κ3) is 2.61. The van der Waals surface area contributed by atoms with Crippen LogP contribution in [0.25, 0.3) is 0 Å². The number of anilines is 2. The SMILES string of the molecule is CCOc1ccc(NC2=NC3(N=C(N)N2)C(=O)Nc2ccccc23)cc1. The molecule has 0 aliphatic carbocycles. The molecule has 2 aromatic carbocycles. The maximum atomic E-state index is 12.6. The van der Waals surface area contributed by atoms with Gasteiger partial charge in [-0.3, -0.25) is 10.1 Å². The molecule has 8 heteroatoms. The van der Waals surface area contributed by atoms with Gasteiger partial charge in [0, 0.05) is 16.9 Å². The number of nitrogens with two attached hydrogens (primary N) is 1. The smallest absolute Gasteiger partial charge is 0.280 e. The summed E-state index contributed by atoms with van der Waals surface area (Å²) in [6, 6.07) is 14.7. The van der Waals surface area contributed by atoms with E-state index >= 15 is 0 Å². The third-order valence-corrected chi connectivity index (χ3v) is 4.10. The first kappa shape index (κ1) is 15.9. The molecule has 0 saturated heterocycles. The predicted octanol–water partition coefficient (Wildman–Crippen LogP) is 1.58. The normalized spacial score (nSPS) is 20.6. The summed E-state index contributed by atoms with van der Waals surface area (Å²) in [4.78, 5) is 21.4. The van der Waals surface area contributed by atoms with Crippen LogP contribution in [0.2, 0.25) is 0 Å². The first-order valence-corrected chi connectivity index (χ1v) is 8.24. The van der Waals surface area contributed by atoms with Crippen molar-refractivity contribution < 1.29 is 9.53 Å². The lowest BCUT2D eigenvalue weighted by Gasteiger charge is -2.26. The number of benzene rings is 2. The predicted molar refractivity (Wildman–Crippen MR) is 100 cm³/mol. The summed E-state index contributed by atoms with van der Waals surface area (Å²) in [5, 5.41) is 8.79. The van der Waals surface area contributed by atoms with Crippen LogP contribution in [0.4, 0.5) is 11.4 Å². The summed E-state index contributed by atoms with van der Waals surface area (Å²) in [7, 11) is 0. The van der Waals surface area contributed by atoms with E-state index in [0.717, 1.165) is 11.4 Å². The van der Waals surface area contributed by atoms with Crippen molar-refractivity contribution in [2.24, 2.45) is 15.7 Å². The average molecular weight is 350 g/mol. The van der Waals surface area contributed by atoms with Crippen LogP contribution in [0, 0.1) is 0 Å². The summed E-state index contributed by atoms with van der Waals surface area (Å²) >= 11 is 0. The molecular weight excluding hydrogens is 332 g/mol. The number of hydrogen-bond donors (Lipinski definition) is 4. The molecule has 0 aromatic heterocycles. The molecule has 1 unspecified atom stereocenters. The van der Waals surface area contributed by atoms with E-state index in [1.807, 2.05) is 55.5 Å². The van der Waals surface area contributed by atoms with Crippen molar-refractivity contribution in [3.63, 3.8) is 0 Å². The van der Waals surface area contributed by atoms with Crippen molar-refractivity contribution >= 4 is 29.2 Å². The Morgan fingerprint density at radius 3 is 2.65 bits per heavy atom. The van der Waals surface area contributed by atoms with Crippen LogP contribution < -0.4 is 26.4 Å². The highest BCUT2D eigenvalue weighted by Gasteiger charge is 2.49. The number of aliphatic imine (C=N–C) groups is 2. The van der Waals surface area contributed by atoms with E-state index in [0.29, 0.717) is 23.8 Å². The number of amides is 1. The largest absolute Gasteiger partial charge is 0.494 e. The lowest BCUT2D eigenvalue weighted by atomic mass is 10.0. The maximum absolute atomic E-state index is 12.6. The molecule has 4 rings (SSSR count). The van der Waals surface area contributed by atoms with E-state index in [-0.39, 0.29) is 11.9 Å². The first-order valence-electron chi connectivity index (χ1n) is 8.24. The molecule has 0 radical (unpaired) electrons. The Morgan fingerprint density at radius 2 is 1.88 bits per heavy atom. The number of carbonyl (C=O) groups excluding carboxylic acids is 1. The molecule has 0 fully saturated rings. The molecule has 0 saturated carbocycles. The summed E-state index contributed by atoms with van der Waals surface area (Å²) in [6.45, 7) is 2.53. The number of rotatable bonds is 3. The van der Waals surface area contributed by atoms with Crippen molar-refractivity contribution in [3.05, 3.63) is 54.1 Å². The number of ether oxygens (including phenoxy) is 1. The number of nitrogens with zero attached hydrogens (tertiary/aromatic N) is 2. The van der Waals surface area contributed by atoms with Gasteiger partial charge in [0.15, 0.2) is 5.96 Å². The number of carbonyl (C=O) groups is 1. The minimum atomic E-state index is -1.42. The van der Waals surface area contributed by atoms with Crippen LogP contribution in [-0.2, 0) is 10.5 Å². The molecule has 1 spiro atoms. The molecule has 1 atom stereocenters. The highest BCUT2D eigenvalue weighted by atomic mass is 16.5. The fourth-order valence-corrected chi connectivity index (χ4v) is 2.99. The zero-order chi connectivity index (χ0) is 18.1. The first-order chi connectivity index (χ1) is 12.6. The van der Waals surface area contributed by atoms with Crippen molar-refractivity contribution in [1.82, 2.24) is 5.32 Å². The maximum Gasteiger partial charge on any atom is 0.280 e. The van der Waals surface area contributed by atoms with E-state index in [1.165, 1.54) is 0 Å². The molecule has 2 heterocycles. The van der Waals surface area contributed by atoms with Crippen molar-refractivity contribution in [2.75, 3.05) is 17.2 Å². The van der Waals surface area contributed by atoms with Gasteiger partial charge >= 0.3 is 0 Å². The second kappa shape index (κ2) is 6.07. The summed E-state index contributed by atoms with van der Waals surface area (Å²) in [6.07, 6.45) is 0. The molecule has 8 nitrogen and oxygen atoms in total. The van der Waals surface area contributed by atoms with Gasteiger partial charge in [-0.15, -0.1) is 0 Å². The van der Waals surface area contributed by atoms with Crippen LogP contribution in [0.15, 0.2) is 58.5 Å². The van der Waals surface area contributed by atoms with E-state index in [4.69, 9.17) is 10.5 Å². The van der Waals surface area contributed by atoms with E-state index in [1.54, 1.807) is 0 Å². The van der Waals surface area contributed by atoms with Gasteiger partial charge in [0.25, 0.3) is 11.6 Å². The van der Waals surface area contributed by atoms with Gasteiger partial charge in [-0.05, 0) is 37.3 Å². The fourth-order valence-electron chi connectivity index (χ4n) is 2.99. The molecule has 132 valence electrons. The Bertz CT molecular complexity index is 922. The van der Waals surface area contributed by atoms with E-state index < -0.39 is 5.66 Å². The summed E-state index contributed by atoms with van der Waals surface area (Å²) < 4.78 is 5.43. The zero-order valence-corrected chi connectivity index (χ0v) is 14.1. The van der Waals surface area contributed by atoms with Gasteiger partial charge in [0.05, 0.1) is 6.61 Å². The van der Waals surface area contributed by atoms with Crippen molar-refractivity contribution in [2.45, 2.75) is 12.6 Å². The van der Waals surface area contributed by atoms with Crippen LogP contribution >= 0.6 is 0 Å². The minimum Gasteiger partial charge on any atom is -0.494 e. The van der Waals surface area contributed by atoms with Crippen LogP contribution in [0.5, 0.6) is 5.75 Å². The summed E-state index contributed by atoms with van der Waals surface area (Å²) in [5.74, 6) is 0.890. The number of fused-ring (bicyclic) bond motifs is 2. The second-order valence-electron chi connectivity index (χ2n) is 5.84. The quantitative estimate of drug-likeness (QED) is 0.671. The van der Waals surface area contributed by atoms with Gasteiger partial charge in [0.2, 0.25) is 5.96 Å². The van der Waals surface area contributed by atoms with Crippen LogP contribution in [0.1, 0.15) is 12.5 Å². The fraction of sp³-hybridized carbons (Fsp3) is 0.167. The van der Waals surface area contributed by atoms with Gasteiger partial charge in [-0.1, -0.05) is 18.2 Å². The number of nitrogens with one attached hydrogen (secondary N) is 3. The Morgan fingerprint density at radius 1 is 1.12 bits per heavy atom. The van der Waals surface area contributed by atoms with Crippen LogP contribution in [-0.4, -0.2) is 24.4 Å². The molecule has 2 aromatic rings. The van der Waals surface area contributed by atoms with Crippen LogP contribution in [0.3, 0.4) is 0 Å². The monoisotopic (exact) mass is 350 g/mol. The van der Waals surface area contributed by atoms with Crippen molar-refractivity contribution in [3.8, 4) is 5.75 Å². The van der Waals surface area contributed by atoms with Gasteiger partial charge < -0.3 is 21.1 Å². The number of para-hydroxylation sites is 1. The number of guanidine groups is 2. The third-order valence-electron chi connectivity index (χ3n) is 4.10. The van der Waals surface area contributed by atoms with Gasteiger partial charge in [-0.25, -0.2) is 9.98 Å². The molecule has 26 heavy (non-hydrogen) atoms. The highest BCUT2D eigenvalue weighted by Crippen LogP contribution is 2.40. The Kier molecular flexibility index (Phi) is 3.72. The lowest BCUT2D eigenvalue weighted by molar-refractivity contribution is -0.120. The standard InChI is InChI=1S/C18H18N6O2/c1-2-26-12-9-7-11(8-10-12)20-17-22-16(19)23-18(24-17)13-5-3-4-6-14(13)21-15(18)25/h3-10H,2H2,1H3,(H,21,25)(H4,19,20,22,23,24). The molecule has 2 aliphatic heterocycles. The average Bonchev–Trinajstić information content (AvgIpc) is 2.88. The van der Waals surface area contributed by atoms with Gasteiger partial charge in [-0.2, -0.15) is 0 Å². The van der Waals surface area contributed by atoms with E-state index in [9.17, 15) is 4.79 Å². The lowest BCUT2D eigenvalue weighted by Crippen LogP contribution is -2.49. The Balaban J connectivity index is 1.67. The molecule has 5 N–H and O–H groups in total. The molecular formula is C18H18N6O2. The topological polar surface area (TPSA) is 113 Å². The van der Waals surface area contributed by atoms with Gasteiger partial charge in [0.1, 0.15) is 5.75 Å². The highest BCUT2D eigenvalue weighted by molar-refractivity contribution is 6.13. The van der Waals surface area contributed by atoms with E-state index in [2.05, 4.69) is 25.9 Å². The summed E-state index contributed by atoms with van der Waals surface area (Å²) in [5.41, 5.74) is 6.64. The second-order valence-corrected chi connectivity index (χ2v) is 5.84. The molecule has 2 aliphatic rings. The Labute approximate surface area is 150 Å². The number of hydrogen-bond acceptors (Lipinski definition) is 7. The molecule has 0 bridgehead atoms.